The van der Waals surface area contributed by atoms with E-state index in [2.05, 4.69) is 15.7 Å². The quantitative estimate of drug-likeness (QED) is 0.824. The van der Waals surface area contributed by atoms with Crippen molar-refractivity contribution >= 4 is 29.4 Å². The highest BCUT2D eigenvalue weighted by atomic mass is 32.2. The molecule has 0 fully saturated rings. The minimum Gasteiger partial charge on any atom is -0.345 e. The van der Waals surface area contributed by atoms with Crippen molar-refractivity contribution in [2.75, 3.05) is 5.32 Å². The molecular formula is C18H22N4O2S. The summed E-state index contributed by atoms with van der Waals surface area (Å²) in [5.74, 6) is 0.909. The van der Waals surface area contributed by atoms with Crippen molar-refractivity contribution in [3.05, 3.63) is 41.1 Å². The summed E-state index contributed by atoms with van der Waals surface area (Å²) >= 11 is 1.75. The molecule has 0 saturated heterocycles. The van der Waals surface area contributed by atoms with E-state index >= 15 is 0 Å². The van der Waals surface area contributed by atoms with Gasteiger partial charge in [0, 0.05) is 23.1 Å². The molecule has 0 saturated carbocycles. The molecular weight excluding hydrogens is 336 g/mol. The van der Waals surface area contributed by atoms with Gasteiger partial charge in [0.05, 0.1) is 11.4 Å². The van der Waals surface area contributed by atoms with Gasteiger partial charge in [-0.2, -0.15) is 16.9 Å². The summed E-state index contributed by atoms with van der Waals surface area (Å²) in [7, 11) is 0. The fraction of sp³-hybridized carbons (Fsp3) is 0.389. The van der Waals surface area contributed by atoms with Gasteiger partial charge in [0.2, 0.25) is 0 Å². The molecule has 3 rings (SSSR count). The Morgan fingerprint density at radius 3 is 2.64 bits per heavy atom. The molecule has 1 atom stereocenters. The van der Waals surface area contributed by atoms with E-state index in [1.54, 1.807) is 16.4 Å². The summed E-state index contributed by atoms with van der Waals surface area (Å²) < 4.78 is 1.72. The molecule has 1 aromatic carbocycles. The molecule has 132 valence electrons. The van der Waals surface area contributed by atoms with Crippen LogP contribution in [0.1, 0.15) is 37.1 Å². The van der Waals surface area contributed by atoms with Crippen molar-refractivity contribution in [3.63, 3.8) is 0 Å². The van der Waals surface area contributed by atoms with Crippen LogP contribution in [0.5, 0.6) is 0 Å². The van der Waals surface area contributed by atoms with Crippen LogP contribution in [0.2, 0.25) is 0 Å². The van der Waals surface area contributed by atoms with Crippen LogP contribution in [-0.4, -0.2) is 27.6 Å². The third-order valence-corrected chi connectivity index (χ3v) is 5.23. The lowest BCUT2D eigenvalue weighted by Gasteiger charge is -2.13. The molecule has 25 heavy (non-hydrogen) atoms. The number of anilines is 1. The van der Waals surface area contributed by atoms with Gasteiger partial charge in [-0.1, -0.05) is 24.6 Å². The molecule has 1 aliphatic heterocycles. The summed E-state index contributed by atoms with van der Waals surface area (Å²) in [5, 5.41) is 10.1. The van der Waals surface area contributed by atoms with E-state index in [4.69, 9.17) is 0 Å². The van der Waals surface area contributed by atoms with Crippen molar-refractivity contribution in [1.82, 2.24) is 15.1 Å². The number of amides is 2. The number of rotatable bonds is 4. The van der Waals surface area contributed by atoms with Crippen LogP contribution >= 0.6 is 11.8 Å². The molecule has 1 aromatic heterocycles. The molecule has 1 aliphatic rings. The van der Waals surface area contributed by atoms with Crippen molar-refractivity contribution in [1.29, 1.82) is 0 Å². The van der Waals surface area contributed by atoms with Crippen molar-refractivity contribution in [3.8, 4) is 5.69 Å². The second-order valence-electron chi connectivity index (χ2n) is 6.25. The molecule has 1 unspecified atom stereocenters. The Morgan fingerprint density at radius 1 is 1.24 bits per heavy atom. The Bertz CT molecular complexity index is 798. The smallest absolute Gasteiger partial charge is 0.314 e. The summed E-state index contributed by atoms with van der Waals surface area (Å²) in [4.78, 5) is 24.4. The lowest BCUT2D eigenvalue weighted by Crippen LogP contribution is -2.40. The lowest BCUT2D eigenvalue weighted by molar-refractivity contribution is -0.136. The summed E-state index contributed by atoms with van der Waals surface area (Å²) in [5.41, 5.74) is 3.97. The van der Waals surface area contributed by atoms with Crippen molar-refractivity contribution in [2.24, 2.45) is 0 Å². The van der Waals surface area contributed by atoms with E-state index < -0.39 is 11.8 Å². The van der Waals surface area contributed by atoms with Crippen LogP contribution in [0, 0.1) is 6.92 Å². The average Bonchev–Trinajstić information content (AvgIpc) is 3.18. The van der Waals surface area contributed by atoms with Gasteiger partial charge in [-0.05, 0) is 32.4 Å². The Kier molecular flexibility index (Phi) is 5.13. The summed E-state index contributed by atoms with van der Waals surface area (Å²) in [6.45, 7) is 5.85. The SMILES string of the molecule is CCC(C)NC(=O)C(=O)Nc1c2c(nn1-c1ccc(C)cc1)CSC2. The van der Waals surface area contributed by atoms with Gasteiger partial charge in [0.25, 0.3) is 0 Å². The van der Waals surface area contributed by atoms with Gasteiger partial charge in [-0.15, -0.1) is 0 Å². The zero-order valence-electron chi connectivity index (χ0n) is 14.6. The van der Waals surface area contributed by atoms with Gasteiger partial charge < -0.3 is 10.6 Å². The number of carbonyl (C=O) groups excluding carboxylic acids is 2. The number of fused-ring (bicyclic) bond motifs is 1. The normalized spacial score (nSPS) is 14.0. The fourth-order valence-corrected chi connectivity index (χ4v) is 3.60. The molecule has 2 heterocycles. The van der Waals surface area contributed by atoms with Gasteiger partial charge >= 0.3 is 11.8 Å². The first-order chi connectivity index (χ1) is 12.0. The summed E-state index contributed by atoms with van der Waals surface area (Å²) in [6, 6.07) is 7.87. The standard InChI is InChI=1S/C18H22N4O2S/c1-4-12(3)19-17(23)18(24)20-16-14-9-25-10-15(14)21-22(16)13-7-5-11(2)6-8-13/h5-8,12H,4,9-10H2,1-3H3,(H,19,23)(H,20,24). The zero-order chi connectivity index (χ0) is 18.0. The number of benzene rings is 1. The predicted octanol–water partition coefficient (Wildman–Crippen LogP) is 2.78. The number of aromatic nitrogens is 2. The number of thioether (sulfide) groups is 1. The molecule has 6 nitrogen and oxygen atoms in total. The van der Waals surface area contributed by atoms with Gasteiger partial charge in [0.15, 0.2) is 0 Å². The fourth-order valence-electron chi connectivity index (χ4n) is 2.57. The Balaban J connectivity index is 1.89. The lowest BCUT2D eigenvalue weighted by atomic mass is 10.2. The monoisotopic (exact) mass is 358 g/mol. The minimum absolute atomic E-state index is 0.0403. The van der Waals surface area contributed by atoms with Crippen LogP contribution in [0.4, 0.5) is 5.82 Å². The Labute approximate surface area is 151 Å². The van der Waals surface area contributed by atoms with Crippen LogP contribution in [0.25, 0.3) is 5.69 Å². The molecule has 0 radical (unpaired) electrons. The number of hydrogen-bond acceptors (Lipinski definition) is 4. The zero-order valence-corrected chi connectivity index (χ0v) is 15.4. The van der Waals surface area contributed by atoms with Crippen molar-refractivity contribution in [2.45, 2.75) is 44.7 Å². The second-order valence-corrected chi connectivity index (χ2v) is 7.24. The first-order valence-corrected chi connectivity index (χ1v) is 9.52. The van der Waals surface area contributed by atoms with Gasteiger partial charge in [0.1, 0.15) is 5.82 Å². The highest BCUT2D eigenvalue weighted by Gasteiger charge is 2.26. The maximum Gasteiger partial charge on any atom is 0.314 e. The van der Waals surface area contributed by atoms with Crippen LogP contribution < -0.4 is 10.6 Å². The maximum atomic E-state index is 12.3. The van der Waals surface area contributed by atoms with Crippen LogP contribution in [0.15, 0.2) is 24.3 Å². The molecule has 7 heteroatoms. The molecule has 2 N–H and O–H groups in total. The molecule has 0 aliphatic carbocycles. The number of carbonyl (C=O) groups is 2. The number of aryl methyl sites for hydroxylation is 1. The average molecular weight is 358 g/mol. The predicted molar refractivity (Wildman–Crippen MR) is 99.8 cm³/mol. The highest BCUT2D eigenvalue weighted by Crippen LogP contribution is 2.36. The largest absolute Gasteiger partial charge is 0.345 e. The number of nitrogens with zero attached hydrogens (tertiary/aromatic N) is 2. The van der Waals surface area contributed by atoms with Crippen molar-refractivity contribution < 1.29 is 9.59 Å². The van der Waals surface area contributed by atoms with E-state index in [-0.39, 0.29) is 6.04 Å². The number of nitrogens with one attached hydrogen (secondary N) is 2. The molecule has 2 amide bonds. The summed E-state index contributed by atoms with van der Waals surface area (Å²) in [6.07, 6.45) is 0.770. The van der Waals surface area contributed by atoms with E-state index in [1.807, 2.05) is 45.0 Å². The Hall–Kier alpha value is -2.28. The third kappa shape index (κ3) is 3.71. The number of hydrogen-bond donors (Lipinski definition) is 2. The first kappa shape index (κ1) is 17.5. The van der Waals surface area contributed by atoms with Gasteiger partial charge in [-0.3, -0.25) is 9.59 Å². The third-order valence-electron chi connectivity index (χ3n) is 4.26. The van der Waals surface area contributed by atoms with Gasteiger partial charge in [-0.25, -0.2) is 4.68 Å². The highest BCUT2D eigenvalue weighted by molar-refractivity contribution is 7.98. The minimum atomic E-state index is -0.659. The Morgan fingerprint density at radius 2 is 1.96 bits per heavy atom. The molecule has 0 spiro atoms. The first-order valence-electron chi connectivity index (χ1n) is 8.37. The van der Waals surface area contributed by atoms with E-state index in [0.29, 0.717) is 5.82 Å². The van der Waals surface area contributed by atoms with Crippen LogP contribution in [-0.2, 0) is 21.1 Å². The van der Waals surface area contributed by atoms with E-state index in [0.717, 1.165) is 40.4 Å². The maximum absolute atomic E-state index is 12.3. The topological polar surface area (TPSA) is 76.0 Å². The van der Waals surface area contributed by atoms with Crippen LogP contribution in [0.3, 0.4) is 0 Å². The molecule has 0 bridgehead atoms. The van der Waals surface area contributed by atoms with E-state index in [1.165, 1.54) is 0 Å². The second kappa shape index (κ2) is 7.31. The molecule has 2 aromatic rings. The van der Waals surface area contributed by atoms with E-state index in [9.17, 15) is 9.59 Å².